The summed E-state index contributed by atoms with van der Waals surface area (Å²) >= 11 is 13.2. The fourth-order valence-electron chi connectivity index (χ4n) is 2.19. The second kappa shape index (κ2) is 6.84. The lowest BCUT2D eigenvalue weighted by Crippen LogP contribution is -2.12. The summed E-state index contributed by atoms with van der Waals surface area (Å²) in [6.07, 6.45) is 0. The van der Waals surface area contributed by atoms with Crippen molar-refractivity contribution in [3.63, 3.8) is 0 Å². The van der Waals surface area contributed by atoms with E-state index in [4.69, 9.17) is 33.7 Å². The van der Waals surface area contributed by atoms with E-state index in [-0.39, 0.29) is 5.91 Å². The Bertz CT molecular complexity index is 927. The van der Waals surface area contributed by atoms with Crippen LogP contribution in [-0.4, -0.2) is 17.5 Å². The molecule has 0 aliphatic carbocycles. The zero-order chi connectivity index (χ0) is 17.3. The Labute approximate surface area is 152 Å². The van der Waals surface area contributed by atoms with Crippen molar-refractivity contribution < 1.29 is 9.53 Å². The van der Waals surface area contributed by atoms with Crippen LogP contribution in [-0.2, 0) is 0 Å². The maximum Gasteiger partial charge on any atom is 0.255 e. The average molecular weight is 382 g/mol. The number of anilines is 2. The van der Waals surface area contributed by atoms with Gasteiger partial charge in [0.05, 0.1) is 21.4 Å². The van der Waals surface area contributed by atoms with Crippen molar-refractivity contribution >= 4 is 61.5 Å². The third-order valence-electron chi connectivity index (χ3n) is 3.22. The van der Waals surface area contributed by atoms with Crippen LogP contribution in [0.1, 0.15) is 17.3 Å². The molecule has 2 aromatic carbocycles. The molecular formula is C16H13Cl2N3O2S. The molecular weight excluding hydrogens is 369 g/mol. The van der Waals surface area contributed by atoms with Gasteiger partial charge in [0.25, 0.3) is 5.91 Å². The number of rotatable bonds is 4. The van der Waals surface area contributed by atoms with Gasteiger partial charge in [-0.2, -0.15) is 0 Å². The Morgan fingerprint density at radius 2 is 2.08 bits per heavy atom. The number of benzene rings is 2. The minimum Gasteiger partial charge on any atom is -0.491 e. The molecule has 1 aromatic heterocycles. The normalized spacial score (nSPS) is 10.8. The summed E-state index contributed by atoms with van der Waals surface area (Å²) in [5.74, 6) is 0.278. The van der Waals surface area contributed by atoms with Crippen LogP contribution >= 0.6 is 34.5 Å². The summed E-state index contributed by atoms with van der Waals surface area (Å²) in [5.41, 5.74) is 7.45. The van der Waals surface area contributed by atoms with Crippen LogP contribution in [0.5, 0.6) is 5.75 Å². The zero-order valence-corrected chi connectivity index (χ0v) is 14.9. The highest BCUT2D eigenvalue weighted by Gasteiger charge is 2.13. The first-order valence-corrected chi connectivity index (χ1v) is 8.64. The zero-order valence-electron chi connectivity index (χ0n) is 12.6. The second-order valence-electron chi connectivity index (χ2n) is 4.89. The SMILES string of the molecule is CCOc1cc(NC(=O)c2ccc(Cl)c(Cl)c2)cc2sc(N)nc12. The quantitative estimate of drug-likeness (QED) is 0.677. The number of hydrogen-bond acceptors (Lipinski definition) is 5. The van der Waals surface area contributed by atoms with E-state index in [9.17, 15) is 4.79 Å². The van der Waals surface area contributed by atoms with Gasteiger partial charge >= 0.3 is 0 Å². The number of carbonyl (C=O) groups excluding carboxylic acids is 1. The van der Waals surface area contributed by atoms with Crippen molar-refractivity contribution in [2.45, 2.75) is 6.92 Å². The molecule has 0 atom stereocenters. The van der Waals surface area contributed by atoms with Gasteiger partial charge in [0.1, 0.15) is 11.3 Å². The standard InChI is InChI=1S/C16H13Cl2N3O2S/c1-2-23-12-6-9(7-13-14(12)21-16(19)24-13)20-15(22)8-3-4-10(17)11(18)5-8/h3-7H,2H2,1H3,(H2,19,21)(H,20,22). The van der Waals surface area contributed by atoms with Crippen LogP contribution in [0.15, 0.2) is 30.3 Å². The van der Waals surface area contributed by atoms with Gasteiger partial charge in [-0.25, -0.2) is 4.98 Å². The van der Waals surface area contributed by atoms with Crippen LogP contribution in [0, 0.1) is 0 Å². The second-order valence-corrected chi connectivity index (χ2v) is 6.77. The van der Waals surface area contributed by atoms with E-state index >= 15 is 0 Å². The summed E-state index contributed by atoms with van der Waals surface area (Å²) in [5, 5.41) is 3.99. The number of carbonyl (C=O) groups is 1. The van der Waals surface area contributed by atoms with Crippen molar-refractivity contribution in [3.05, 3.63) is 45.9 Å². The number of nitrogen functional groups attached to an aromatic ring is 1. The smallest absolute Gasteiger partial charge is 0.255 e. The molecule has 0 aliphatic heterocycles. The third kappa shape index (κ3) is 3.40. The van der Waals surface area contributed by atoms with Crippen molar-refractivity contribution in [1.29, 1.82) is 0 Å². The van der Waals surface area contributed by atoms with Gasteiger partial charge in [-0.05, 0) is 31.2 Å². The number of thiazole rings is 1. The highest BCUT2D eigenvalue weighted by molar-refractivity contribution is 7.22. The molecule has 0 bridgehead atoms. The Hall–Kier alpha value is -2.02. The molecule has 3 rings (SSSR count). The van der Waals surface area contributed by atoms with Crippen LogP contribution in [0.4, 0.5) is 10.8 Å². The summed E-state index contributed by atoms with van der Waals surface area (Å²) in [4.78, 5) is 16.7. The first kappa shape index (κ1) is 16.8. The summed E-state index contributed by atoms with van der Waals surface area (Å²) in [6, 6.07) is 8.24. The van der Waals surface area contributed by atoms with Crippen molar-refractivity contribution in [2.75, 3.05) is 17.7 Å². The van der Waals surface area contributed by atoms with Crippen LogP contribution in [0.3, 0.4) is 0 Å². The molecule has 0 saturated carbocycles. The van der Waals surface area contributed by atoms with Gasteiger partial charge in [0, 0.05) is 17.3 Å². The molecule has 0 fully saturated rings. The summed E-state index contributed by atoms with van der Waals surface area (Å²) in [7, 11) is 0. The number of nitrogens with two attached hydrogens (primary N) is 1. The molecule has 1 heterocycles. The molecule has 0 unspecified atom stereocenters. The van der Waals surface area contributed by atoms with E-state index in [1.807, 2.05) is 6.92 Å². The number of aromatic nitrogens is 1. The molecule has 3 aromatic rings. The average Bonchev–Trinajstić information content (AvgIpc) is 2.90. The lowest BCUT2D eigenvalue weighted by atomic mass is 10.2. The molecule has 0 aliphatic rings. The Morgan fingerprint density at radius 1 is 1.29 bits per heavy atom. The van der Waals surface area contributed by atoms with Gasteiger partial charge in [-0.1, -0.05) is 34.5 Å². The van der Waals surface area contributed by atoms with Crippen molar-refractivity contribution in [3.8, 4) is 5.75 Å². The monoisotopic (exact) mass is 381 g/mol. The Morgan fingerprint density at radius 3 is 2.79 bits per heavy atom. The first-order valence-electron chi connectivity index (χ1n) is 7.07. The van der Waals surface area contributed by atoms with E-state index in [0.29, 0.717) is 44.3 Å². The molecule has 3 N–H and O–H groups in total. The number of amides is 1. The molecule has 8 heteroatoms. The number of hydrogen-bond donors (Lipinski definition) is 2. The predicted octanol–water partition coefficient (Wildman–Crippen LogP) is 4.84. The van der Waals surface area contributed by atoms with Crippen LogP contribution < -0.4 is 15.8 Å². The Balaban J connectivity index is 1.93. The third-order valence-corrected chi connectivity index (χ3v) is 4.79. The van der Waals surface area contributed by atoms with Crippen molar-refractivity contribution in [2.24, 2.45) is 0 Å². The topological polar surface area (TPSA) is 77.2 Å². The summed E-state index contributed by atoms with van der Waals surface area (Å²) in [6.45, 7) is 2.36. The lowest BCUT2D eigenvalue weighted by Gasteiger charge is -2.09. The molecule has 1 amide bonds. The van der Waals surface area contributed by atoms with Gasteiger partial charge < -0.3 is 15.8 Å². The molecule has 5 nitrogen and oxygen atoms in total. The molecule has 0 saturated heterocycles. The van der Waals surface area contributed by atoms with Crippen LogP contribution in [0.25, 0.3) is 10.2 Å². The predicted molar refractivity (Wildman–Crippen MR) is 99.6 cm³/mol. The number of nitrogens with one attached hydrogen (secondary N) is 1. The van der Waals surface area contributed by atoms with Gasteiger partial charge in [0.15, 0.2) is 5.13 Å². The highest BCUT2D eigenvalue weighted by Crippen LogP contribution is 2.34. The first-order chi connectivity index (χ1) is 11.5. The fourth-order valence-corrected chi connectivity index (χ4v) is 3.28. The van der Waals surface area contributed by atoms with Crippen molar-refractivity contribution in [1.82, 2.24) is 4.98 Å². The molecule has 0 radical (unpaired) electrons. The molecule has 124 valence electrons. The number of nitrogens with zero attached hydrogens (tertiary/aromatic N) is 1. The number of halogens is 2. The number of fused-ring (bicyclic) bond motifs is 1. The lowest BCUT2D eigenvalue weighted by molar-refractivity contribution is 0.102. The van der Waals surface area contributed by atoms with Gasteiger partial charge in [0.2, 0.25) is 0 Å². The van der Waals surface area contributed by atoms with Gasteiger partial charge in [-0.15, -0.1) is 0 Å². The maximum atomic E-state index is 12.4. The maximum absolute atomic E-state index is 12.4. The number of ether oxygens (including phenoxy) is 1. The molecule has 24 heavy (non-hydrogen) atoms. The largest absolute Gasteiger partial charge is 0.491 e. The van der Waals surface area contributed by atoms with E-state index in [2.05, 4.69) is 10.3 Å². The van der Waals surface area contributed by atoms with E-state index in [1.54, 1.807) is 24.3 Å². The summed E-state index contributed by atoms with van der Waals surface area (Å²) < 4.78 is 6.43. The van der Waals surface area contributed by atoms with Gasteiger partial charge in [-0.3, -0.25) is 4.79 Å². The minimum atomic E-state index is -0.298. The molecule has 0 spiro atoms. The van der Waals surface area contributed by atoms with Crippen LogP contribution in [0.2, 0.25) is 10.0 Å². The minimum absolute atomic E-state index is 0.298. The van der Waals surface area contributed by atoms with E-state index in [1.165, 1.54) is 17.4 Å². The highest BCUT2D eigenvalue weighted by atomic mass is 35.5. The van der Waals surface area contributed by atoms with E-state index < -0.39 is 0 Å². The fraction of sp³-hybridized carbons (Fsp3) is 0.125. The Kier molecular flexibility index (Phi) is 4.80. The van der Waals surface area contributed by atoms with E-state index in [0.717, 1.165) is 4.70 Å².